The second-order valence-corrected chi connectivity index (χ2v) is 5.31. The molecule has 1 aromatic carbocycles. The molecule has 1 aromatic rings. The number of rotatable bonds is 5. The third-order valence-corrected chi connectivity index (χ3v) is 3.94. The minimum absolute atomic E-state index is 0.0107. The van der Waals surface area contributed by atoms with Gasteiger partial charge in [0.2, 0.25) is 0 Å². The number of fused-ring (bicyclic) bond motifs is 1. The van der Waals surface area contributed by atoms with E-state index in [1.165, 1.54) is 31.5 Å². The van der Waals surface area contributed by atoms with E-state index in [0.29, 0.717) is 6.04 Å². The smallest absolute Gasteiger partial charge is 0.126 e. The molecular formula is C16H24FN. The van der Waals surface area contributed by atoms with Gasteiger partial charge in [-0.15, -0.1) is 0 Å². The second-order valence-electron chi connectivity index (χ2n) is 5.31. The molecule has 0 spiro atoms. The molecule has 1 aliphatic rings. The molecule has 1 atom stereocenters. The number of hydrogen-bond donors (Lipinski definition) is 0. The van der Waals surface area contributed by atoms with E-state index < -0.39 is 0 Å². The van der Waals surface area contributed by atoms with Crippen LogP contribution < -0.4 is 0 Å². The lowest BCUT2D eigenvalue weighted by atomic mass is 9.87. The predicted octanol–water partition coefficient (Wildman–Crippen LogP) is 3.81. The predicted molar refractivity (Wildman–Crippen MR) is 74.4 cm³/mol. The van der Waals surface area contributed by atoms with Gasteiger partial charge in [-0.25, -0.2) is 4.39 Å². The normalized spacial score (nSPS) is 19.0. The maximum absolute atomic E-state index is 13.7. The van der Waals surface area contributed by atoms with E-state index in [9.17, 15) is 4.39 Å². The summed E-state index contributed by atoms with van der Waals surface area (Å²) in [5, 5.41) is 0. The molecule has 0 aromatic heterocycles. The first-order chi connectivity index (χ1) is 8.76. The maximum atomic E-state index is 13.7. The molecule has 0 radical (unpaired) electrons. The molecular weight excluding hydrogens is 225 g/mol. The van der Waals surface area contributed by atoms with Crippen LogP contribution in [0.5, 0.6) is 0 Å². The summed E-state index contributed by atoms with van der Waals surface area (Å²) < 4.78 is 13.7. The molecule has 1 nitrogen and oxygen atoms in total. The van der Waals surface area contributed by atoms with Gasteiger partial charge in [-0.1, -0.05) is 26.0 Å². The quantitative estimate of drug-likeness (QED) is 0.767. The van der Waals surface area contributed by atoms with E-state index in [1.54, 1.807) is 6.07 Å². The number of halogens is 1. The fourth-order valence-corrected chi connectivity index (χ4v) is 3.10. The third kappa shape index (κ3) is 2.92. The highest BCUT2D eigenvalue weighted by Crippen LogP contribution is 2.26. The summed E-state index contributed by atoms with van der Waals surface area (Å²) in [6, 6.07) is 6.15. The summed E-state index contributed by atoms with van der Waals surface area (Å²) in [5.74, 6) is -0.0107. The van der Waals surface area contributed by atoms with E-state index in [4.69, 9.17) is 0 Å². The highest BCUT2D eigenvalue weighted by molar-refractivity contribution is 5.31. The Morgan fingerprint density at radius 2 is 1.94 bits per heavy atom. The first-order valence-corrected chi connectivity index (χ1v) is 7.26. The van der Waals surface area contributed by atoms with Crippen molar-refractivity contribution in [2.75, 3.05) is 13.1 Å². The standard InChI is InChI=1S/C16H24FN/c1-3-10-18(11-4-2)14-8-9-15-13(12-14)6-5-7-16(15)17/h5-7,14H,3-4,8-12H2,1-2H3/t14-/m0/s1. The van der Waals surface area contributed by atoms with Gasteiger partial charge < -0.3 is 4.90 Å². The third-order valence-electron chi connectivity index (χ3n) is 3.94. The average molecular weight is 249 g/mol. The lowest BCUT2D eigenvalue weighted by Crippen LogP contribution is -2.40. The van der Waals surface area contributed by atoms with Crippen LogP contribution in [0.3, 0.4) is 0 Å². The molecule has 0 aliphatic heterocycles. The molecule has 0 unspecified atom stereocenters. The summed E-state index contributed by atoms with van der Waals surface area (Å²) in [6.07, 6.45) is 5.43. The Labute approximate surface area is 110 Å². The largest absolute Gasteiger partial charge is 0.300 e. The van der Waals surface area contributed by atoms with Crippen molar-refractivity contribution in [2.24, 2.45) is 0 Å². The van der Waals surface area contributed by atoms with E-state index >= 15 is 0 Å². The molecule has 2 heteroatoms. The van der Waals surface area contributed by atoms with Gasteiger partial charge in [-0.2, -0.15) is 0 Å². The van der Waals surface area contributed by atoms with Crippen LogP contribution in [0.1, 0.15) is 44.2 Å². The summed E-state index contributed by atoms with van der Waals surface area (Å²) in [7, 11) is 0. The minimum Gasteiger partial charge on any atom is -0.300 e. The van der Waals surface area contributed by atoms with Gasteiger partial charge >= 0.3 is 0 Å². The van der Waals surface area contributed by atoms with Gasteiger partial charge in [0.1, 0.15) is 5.82 Å². The Hall–Kier alpha value is -0.890. The number of hydrogen-bond acceptors (Lipinski definition) is 1. The Balaban J connectivity index is 2.10. The fourth-order valence-electron chi connectivity index (χ4n) is 3.10. The van der Waals surface area contributed by atoms with Gasteiger partial charge in [0.05, 0.1) is 0 Å². The van der Waals surface area contributed by atoms with Gasteiger partial charge in [0.25, 0.3) is 0 Å². The highest BCUT2D eigenvalue weighted by atomic mass is 19.1. The van der Waals surface area contributed by atoms with Crippen molar-refractivity contribution in [3.05, 3.63) is 35.1 Å². The van der Waals surface area contributed by atoms with Crippen molar-refractivity contribution >= 4 is 0 Å². The fraction of sp³-hybridized carbons (Fsp3) is 0.625. The zero-order chi connectivity index (χ0) is 13.0. The lowest BCUT2D eigenvalue weighted by molar-refractivity contribution is 0.179. The zero-order valence-electron chi connectivity index (χ0n) is 11.6. The van der Waals surface area contributed by atoms with Gasteiger partial charge in [-0.3, -0.25) is 0 Å². The summed E-state index contributed by atoms with van der Waals surface area (Å²) >= 11 is 0. The molecule has 0 bridgehead atoms. The van der Waals surface area contributed by atoms with Gasteiger partial charge in [0.15, 0.2) is 0 Å². The van der Waals surface area contributed by atoms with Crippen molar-refractivity contribution in [3.8, 4) is 0 Å². The van der Waals surface area contributed by atoms with Crippen LogP contribution in [0.15, 0.2) is 18.2 Å². The Morgan fingerprint density at radius 1 is 1.22 bits per heavy atom. The molecule has 0 heterocycles. The van der Waals surface area contributed by atoms with E-state index in [2.05, 4.69) is 24.8 Å². The molecule has 1 aliphatic carbocycles. The van der Waals surface area contributed by atoms with Gasteiger partial charge in [-0.05, 0) is 62.4 Å². The molecule has 0 fully saturated rings. The van der Waals surface area contributed by atoms with Crippen molar-refractivity contribution in [3.63, 3.8) is 0 Å². The van der Waals surface area contributed by atoms with Crippen LogP contribution in [-0.2, 0) is 12.8 Å². The maximum Gasteiger partial charge on any atom is 0.126 e. The molecule has 100 valence electrons. The molecule has 2 rings (SSSR count). The Morgan fingerprint density at radius 3 is 2.61 bits per heavy atom. The average Bonchev–Trinajstić information content (AvgIpc) is 2.38. The van der Waals surface area contributed by atoms with Crippen LogP contribution in [0.25, 0.3) is 0 Å². The van der Waals surface area contributed by atoms with E-state index in [-0.39, 0.29) is 5.82 Å². The molecule has 0 amide bonds. The molecule has 0 saturated heterocycles. The van der Waals surface area contributed by atoms with E-state index in [0.717, 1.165) is 24.8 Å². The van der Waals surface area contributed by atoms with Crippen molar-refractivity contribution < 1.29 is 4.39 Å². The Bertz CT molecular complexity index is 383. The SMILES string of the molecule is CCCN(CCC)[C@H]1CCc2c(F)cccc2C1. The van der Waals surface area contributed by atoms with Crippen molar-refractivity contribution in [2.45, 2.75) is 52.0 Å². The van der Waals surface area contributed by atoms with Crippen LogP contribution in [0.2, 0.25) is 0 Å². The van der Waals surface area contributed by atoms with Crippen molar-refractivity contribution in [1.82, 2.24) is 4.90 Å². The minimum atomic E-state index is -0.0107. The summed E-state index contributed by atoms with van der Waals surface area (Å²) in [5.41, 5.74) is 2.19. The summed E-state index contributed by atoms with van der Waals surface area (Å²) in [4.78, 5) is 2.59. The molecule has 0 N–H and O–H groups in total. The first-order valence-electron chi connectivity index (χ1n) is 7.26. The summed E-state index contributed by atoms with van der Waals surface area (Å²) in [6.45, 7) is 6.81. The monoisotopic (exact) mass is 249 g/mol. The first kappa shape index (κ1) is 13.5. The lowest BCUT2D eigenvalue weighted by Gasteiger charge is -2.35. The highest BCUT2D eigenvalue weighted by Gasteiger charge is 2.24. The molecule has 0 saturated carbocycles. The molecule has 18 heavy (non-hydrogen) atoms. The second kappa shape index (κ2) is 6.33. The van der Waals surface area contributed by atoms with Crippen LogP contribution in [0, 0.1) is 5.82 Å². The van der Waals surface area contributed by atoms with Crippen molar-refractivity contribution in [1.29, 1.82) is 0 Å². The number of benzene rings is 1. The van der Waals surface area contributed by atoms with Crippen LogP contribution in [-0.4, -0.2) is 24.0 Å². The topological polar surface area (TPSA) is 3.24 Å². The van der Waals surface area contributed by atoms with Crippen LogP contribution in [0.4, 0.5) is 4.39 Å². The number of nitrogens with zero attached hydrogens (tertiary/aromatic N) is 1. The van der Waals surface area contributed by atoms with Gasteiger partial charge in [0, 0.05) is 6.04 Å². The van der Waals surface area contributed by atoms with Crippen LogP contribution >= 0.6 is 0 Å². The zero-order valence-corrected chi connectivity index (χ0v) is 11.6. The van der Waals surface area contributed by atoms with E-state index in [1.807, 2.05) is 6.07 Å². The Kier molecular flexibility index (Phi) is 4.76.